The molecule has 0 heterocycles. The van der Waals surface area contributed by atoms with Crippen LogP contribution in [0.2, 0.25) is 0 Å². The Kier molecular flexibility index (Phi) is 1.73. The maximum Gasteiger partial charge on any atom is 0.309 e. The number of rotatable bonds is 1. The Hall–Kier alpha value is -0.530. The third kappa shape index (κ3) is 1.11. The normalized spacial score (nSPS) is 49.2. The molecule has 3 atom stereocenters. The monoisotopic (exact) mass is 182 g/mol. The minimum atomic E-state index is -0.582. The molecule has 2 nitrogen and oxygen atoms in total. The van der Waals surface area contributed by atoms with E-state index in [-0.39, 0.29) is 10.8 Å². The quantitative estimate of drug-likeness (QED) is 0.677. The van der Waals surface area contributed by atoms with Crippen molar-refractivity contribution in [2.45, 2.75) is 46.0 Å². The topological polar surface area (TPSA) is 37.3 Å². The van der Waals surface area contributed by atoms with Gasteiger partial charge in [0.2, 0.25) is 0 Å². The SMILES string of the molecule is CC1CCCC2(C1)CC2(C)C(=O)O. The van der Waals surface area contributed by atoms with Crippen molar-refractivity contribution in [3.8, 4) is 0 Å². The first kappa shape index (κ1) is 9.04. The second-order valence-corrected chi connectivity index (χ2v) is 5.30. The van der Waals surface area contributed by atoms with Gasteiger partial charge in [-0.2, -0.15) is 0 Å². The van der Waals surface area contributed by atoms with Gasteiger partial charge in [-0.3, -0.25) is 4.79 Å². The molecule has 0 amide bonds. The first-order chi connectivity index (χ1) is 6.00. The molecule has 2 heteroatoms. The van der Waals surface area contributed by atoms with Gasteiger partial charge in [0.05, 0.1) is 5.41 Å². The Morgan fingerprint density at radius 3 is 2.69 bits per heavy atom. The van der Waals surface area contributed by atoms with Crippen LogP contribution in [0, 0.1) is 16.7 Å². The fraction of sp³-hybridized carbons (Fsp3) is 0.909. The lowest BCUT2D eigenvalue weighted by molar-refractivity contribution is -0.144. The van der Waals surface area contributed by atoms with Gasteiger partial charge in [0, 0.05) is 0 Å². The predicted octanol–water partition coefficient (Wildman–Crippen LogP) is 2.68. The molecule has 0 aliphatic heterocycles. The second kappa shape index (κ2) is 2.49. The summed E-state index contributed by atoms with van der Waals surface area (Å²) in [4.78, 5) is 11.1. The number of hydrogen-bond acceptors (Lipinski definition) is 1. The smallest absolute Gasteiger partial charge is 0.309 e. The van der Waals surface area contributed by atoms with Crippen LogP contribution in [-0.4, -0.2) is 11.1 Å². The molecule has 2 saturated carbocycles. The van der Waals surface area contributed by atoms with Crippen LogP contribution in [0.3, 0.4) is 0 Å². The van der Waals surface area contributed by atoms with E-state index in [4.69, 9.17) is 5.11 Å². The van der Waals surface area contributed by atoms with Crippen LogP contribution < -0.4 is 0 Å². The fourth-order valence-corrected chi connectivity index (χ4v) is 3.26. The summed E-state index contributed by atoms with van der Waals surface area (Å²) >= 11 is 0. The molecule has 2 rings (SSSR count). The third-order valence-corrected chi connectivity index (χ3v) is 4.30. The maximum atomic E-state index is 11.1. The molecule has 74 valence electrons. The zero-order valence-electron chi connectivity index (χ0n) is 8.47. The molecular weight excluding hydrogens is 164 g/mol. The first-order valence-corrected chi connectivity index (χ1v) is 5.24. The maximum absolute atomic E-state index is 11.1. The summed E-state index contributed by atoms with van der Waals surface area (Å²) in [5, 5.41) is 9.12. The van der Waals surface area contributed by atoms with Crippen LogP contribution in [-0.2, 0) is 4.79 Å². The summed E-state index contributed by atoms with van der Waals surface area (Å²) in [7, 11) is 0. The van der Waals surface area contributed by atoms with Crippen LogP contribution in [0.25, 0.3) is 0 Å². The molecule has 0 aromatic rings. The van der Waals surface area contributed by atoms with E-state index < -0.39 is 5.97 Å². The minimum Gasteiger partial charge on any atom is -0.481 e. The number of hydrogen-bond donors (Lipinski definition) is 1. The van der Waals surface area contributed by atoms with Crippen molar-refractivity contribution in [1.29, 1.82) is 0 Å². The van der Waals surface area contributed by atoms with Gasteiger partial charge in [-0.1, -0.05) is 19.8 Å². The molecule has 1 spiro atoms. The summed E-state index contributed by atoms with van der Waals surface area (Å²) in [6, 6.07) is 0. The molecule has 2 aliphatic rings. The van der Waals surface area contributed by atoms with E-state index in [1.807, 2.05) is 6.92 Å². The van der Waals surface area contributed by atoms with Gasteiger partial charge < -0.3 is 5.11 Å². The van der Waals surface area contributed by atoms with Crippen molar-refractivity contribution >= 4 is 5.97 Å². The Balaban J connectivity index is 2.13. The van der Waals surface area contributed by atoms with E-state index in [2.05, 4.69) is 6.92 Å². The van der Waals surface area contributed by atoms with Crippen molar-refractivity contribution in [2.24, 2.45) is 16.7 Å². The molecule has 3 unspecified atom stereocenters. The van der Waals surface area contributed by atoms with Crippen LogP contribution in [0.15, 0.2) is 0 Å². The minimum absolute atomic E-state index is 0.177. The van der Waals surface area contributed by atoms with E-state index in [1.54, 1.807) is 0 Å². The molecule has 0 saturated heterocycles. The standard InChI is InChI=1S/C11H18O2/c1-8-4-3-5-11(6-8)7-10(11,2)9(12)13/h8H,3-7H2,1-2H3,(H,12,13). The largest absolute Gasteiger partial charge is 0.481 e. The summed E-state index contributed by atoms with van der Waals surface area (Å²) in [6.45, 7) is 4.18. The van der Waals surface area contributed by atoms with Crippen molar-refractivity contribution in [2.75, 3.05) is 0 Å². The van der Waals surface area contributed by atoms with Crippen molar-refractivity contribution in [3.63, 3.8) is 0 Å². The average Bonchev–Trinajstić information content (AvgIpc) is 2.56. The van der Waals surface area contributed by atoms with Crippen LogP contribution in [0.4, 0.5) is 0 Å². The molecule has 0 radical (unpaired) electrons. The zero-order valence-corrected chi connectivity index (χ0v) is 8.47. The van der Waals surface area contributed by atoms with Crippen molar-refractivity contribution in [3.05, 3.63) is 0 Å². The van der Waals surface area contributed by atoms with E-state index in [0.717, 1.165) is 25.2 Å². The second-order valence-electron chi connectivity index (χ2n) is 5.30. The highest BCUT2D eigenvalue weighted by Crippen LogP contribution is 2.70. The van der Waals surface area contributed by atoms with Gasteiger partial charge in [-0.25, -0.2) is 0 Å². The van der Waals surface area contributed by atoms with E-state index in [0.29, 0.717) is 0 Å². The number of carboxylic acid groups (broad SMARTS) is 1. The van der Waals surface area contributed by atoms with Crippen LogP contribution in [0.1, 0.15) is 46.0 Å². The van der Waals surface area contributed by atoms with Gasteiger partial charge in [0.25, 0.3) is 0 Å². The van der Waals surface area contributed by atoms with Crippen LogP contribution >= 0.6 is 0 Å². The molecule has 13 heavy (non-hydrogen) atoms. The van der Waals surface area contributed by atoms with E-state index in [9.17, 15) is 4.79 Å². The van der Waals surface area contributed by atoms with E-state index >= 15 is 0 Å². The molecule has 0 aromatic heterocycles. The van der Waals surface area contributed by atoms with Crippen LogP contribution in [0.5, 0.6) is 0 Å². The number of carboxylic acids is 1. The van der Waals surface area contributed by atoms with Gasteiger partial charge in [-0.15, -0.1) is 0 Å². The lowest BCUT2D eigenvalue weighted by Crippen LogP contribution is -2.25. The number of carbonyl (C=O) groups is 1. The number of aliphatic carboxylic acids is 1. The molecule has 1 N–H and O–H groups in total. The summed E-state index contributed by atoms with van der Waals surface area (Å²) in [5.41, 5.74) is -0.210. The lowest BCUT2D eigenvalue weighted by atomic mass is 9.75. The Bertz CT molecular complexity index is 248. The van der Waals surface area contributed by atoms with Gasteiger partial charge >= 0.3 is 5.97 Å². The van der Waals surface area contributed by atoms with Gasteiger partial charge in [0.1, 0.15) is 0 Å². The highest BCUT2D eigenvalue weighted by Gasteiger charge is 2.68. The highest BCUT2D eigenvalue weighted by molar-refractivity contribution is 5.79. The Morgan fingerprint density at radius 2 is 2.23 bits per heavy atom. The van der Waals surface area contributed by atoms with Crippen molar-refractivity contribution < 1.29 is 9.90 Å². The van der Waals surface area contributed by atoms with E-state index in [1.165, 1.54) is 12.8 Å². The van der Waals surface area contributed by atoms with Gasteiger partial charge in [-0.05, 0) is 37.5 Å². The Morgan fingerprint density at radius 1 is 1.54 bits per heavy atom. The summed E-state index contributed by atoms with van der Waals surface area (Å²) < 4.78 is 0. The zero-order chi connectivity index (χ0) is 9.69. The first-order valence-electron chi connectivity index (χ1n) is 5.24. The van der Waals surface area contributed by atoms with Crippen molar-refractivity contribution in [1.82, 2.24) is 0 Å². The third-order valence-electron chi connectivity index (χ3n) is 4.30. The molecule has 0 aromatic carbocycles. The molecule has 2 fully saturated rings. The van der Waals surface area contributed by atoms with Gasteiger partial charge in [0.15, 0.2) is 0 Å². The molecule has 2 aliphatic carbocycles. The lowest BCUT2D eigenvalue weighted by Gasteiger charge is -2.29. The fourth-order valence-electron chi connectivity index (χ4n) is 3.26. The Labute approximate surface area is 79.3 Å². The highest BCUT2D eigenvalue weighted by atomic mass is 16.4. The molecular formula is C11H18O2. The summed E-state index contributed by atoms with van der Waals surface area (Å²) in [5.74, 6) is 0.150. The predicted molar refractivity (Wildman–Crippen MR) is 50.4 cm³/mol. The summed E-state index contributed by atoms with van der Waals surface area (Å²) in [6.07, 6.45) is 5.71. The molecule has 0 bridgehead atoms. The average molecular weight is 182 g/mol.